The Morgan fingerprint density at radius 2 is 1.77 bits per heavy atom. The van der Waals surface area contributed by atoms with Crippen LogP contribution in [0.3, 0.4) is 0 Å². The standard InChI is InChI=1S/C35H44FN5O6/c1-23-20-41(24(2)22-42)34(44)30-19-29(38-33(43)26-14-16-37-17-15-26)12-13-31(30)47-25(3)7-5-6-18-46-32(23)21-40(4)35(45)39-28-10-8-27(36)9-11-28/h8-17,19,23-25,32,42H,5-7,18,20-22H2,1-4H3,(H,38,43)(H,39,45)/t23-,24+,25+,32-/m0/s1. The number of hydrogen-bond acceptors (Lipinski definition) is 7. The molecule has 0 saturated carbocycles. The summed E-state index contributed by atoms with van der Waals surface area (Å²) in [6, 6.07) is 12.7. The van der Waals surface area contributed by atoms with Crippen LogP contribution in [0, 0.1) is 11.7 Å². The van der Waals surface area contributed by atoms with Crippen LogP contribution in [0.25, 0.3) is 0 Å². The normalized spacial score (nSPS) is 19.8. The second kappa shape index (κ2) is 16.8. The van der Waals surface area contributed by atoms with E-state index in [4.69, 9.17) is 9.47 Å². The van der Waals surface area contributed by atoms with Crippen LogP contribution in [-0.4, -0.2) is 89.3 Å². The molecule has 1 aliphatic heterocycles. The number of hydrogen-bond donors (Lipinski definition) is 3. The third kappa shape index (κ3) is 9.97. The number of nitrogens with one attached hydrogen (secondary N) is 2. The molecule has 3 aromatic rings. The van der Waals surface area contributed by atoms with Gasteiger partial charge in [0, 0.05) is 62.0 Å². The van der Waals surface area contributed by atoms with Crippen LogP contribution in [0.15, 0.2) is 67.0 Å². The molecule has 0 saturated heterocycles. The number of benzene rings is 2. The zero-order chi connectivity index (χ0) is 33.9. The lowest BCUT2D eigenvalue weighted by Gasteiger charge is -2.35. The number of carbonyl (C=O) groups is 3. The lowest BCUT2D eigenvalue weighted by molar-refractivity contribution is -0.0115. The van der Waals surface area contributed by atoms with Gasteiger partial charge in [-0.15, -0.1) is 0 Å². The Labute approximate surface area is 275 Å². The highest BCUT2D eigenvalue weighted by Crippen LogP contribution is 2.29. The Hall–Kier alpha value is -4.55. The van der Waals surface area contributed by atoms with Crippen molar-refractivity contribution in [2.75, 3.05) is 44.0 Å². The number of anilines is 2. The second-order valence-corrected chi connectivity index (χ2v) is 12.0. The summed E-state index contributed by atoms with van der Waals surface area (Å²) >= 11 is 0. The molecule has 252 valence electrons. The molecule has 3 N–H and O–H groups in total. The molecule has 12 heteroatoms. The fourth-order valence-electron chi connectivity index (χ4n) is 5.27. The summed E-state index contributed by atoms with van der Waals surface area (Å²) < 4.78 is 25.9. The second-order valence-electron chi connectivity index (χ2n) is 12.0. The summed E-state index contributed by atoms with van der Waals surface area (Å²) in [5, 5.41) is 15.8. The van der Waals surface area contributed by atoms with Gasteiger partial charge in [-0.05, 0) is 87.7 Å². The number of fused-ring (bicyclic) bond motifs is 1. The molecule has 1 aliphatic rings. The number of halogens is 1. The topological polar surface area (TPSA) is 133 Å². The van der Waals surface area contributed by atoms with Crippen molar-refractivity contribution in [1.82, 2.24) is 14.8 Å². The van der Waals surface area contributed by atoms with E-state index in [-0.39, 0.29) is 55.1 Å². The van der Waals surface area contributed by atoms with Crippen molar-refractivity contribution in [3.63, 3.8) is 0 Å². The van der Waals surface area contributed by atoms with Crippen LogP contribution in [0.4, 0.5) is 20.6 Å². The number of aliphatic hydroxyl groups is 1. The number of rotatable bonds is 7. The molecule has 47 heavy (non-hydrogen) atoms. The summed E-state index contributed by atoms with van der Waals surface area (Å²) in [4.78, 5) is 47.2. The SMILES string of the molecule is C[C@@H]1CCCCO[C@@H](CN(C)C(=O)Nc2ccc(F)cc2)[C@@H](C)CN([C@H](C)CO)C(=O)c2cc(NC(=O)c3ccncc3)ccc2O1. The van der Waals surface area contributed by atoms with E-state index >= 15 is 0 Å². The van der Waals surface area contributed by atoms with Crippen molar-refractivity contribution in [1.29, 1.82) is 0 Å². The minimum Gasteiger partial charge on any atom is -0.490 e. The fraction of sp³-hybridized carbons (Fsp3) is 0.429. The minimum atomic E-state index is -0.557. The van der Waals surface area contributed by atoms with Crippen molar-refractivity contribution >= 4 is 29.2 Å². The minimum absolute atomic E-state index is 0.207. The Bertz CT molecular complexity index is 1490. The van der Waals surface area contributed by atoms with Gasteiger partial charge in [0.15, 0.2) is 0 Å². The molecule has 0 fully saturated rings. The van der Waals surface area contributed by atoms with E-state index in [9.17, 15) is 23.9 Å². The van der Waals surface area contributed by atoms with Crippen molar-refractivity contribution in [3.8, 4) is 5.75 Å². The Kier molecular flexibility index (Phi) is 12.7. The molecule has 0 aliphatic carbocycles. The summed E-state index contributed by atoms with van der Waals surface area (Å²) in [5.74, 6) is -0.997. The van der Waals surface area contributed by atoms with E-state index in [1.54, 1.807) is 49.2 Å². The van der Waals surface area contributed by atoms with Gasteiger partial charge in [0.2, 0.25) is 0 Å². The zero-order valence-electron chi connectivity index (χ0n) is 27.3. The van der Waals surface area contributed by atoms with Gasteiger partial charge in [0.25, 0.3) is 11.8 Å². The Morgan fingerprint density at radius 1 is 1.06 bits per heavy atom. The van der Waals surface area contributed by atoms with Gasteiger partial charge in [0.05, 0.1) is 30.4 Å². The largest absolute Gasteiger partial charge is 0.490 e. The summed E-state index contributed by atoms with van der Waals surface area (Å²) in [6.45, 7) is 6.24. The van der Waals surface area contributed by atoms with Gasteiger partial charge >= 0.3 is 6.03 Å². The van der Waals surface area contributed by atoms with E-state index < -0.39 is 18.0 Å². The smallest absolute Gasteiger partial charge is 0.321 e. The summed E-state index contributed by atoms with van der Waals surface area (Å²) in [7, 11) is 1.65. The zero-order valence-corrected chi connectivity index (χ0v) is 27.3. The molecule has 0 unspecified atom stereocenters. The highest BCUT2D eigenvalue weighted by atomic mass is 19.1. The van der Waals surface area contributed by atoms with Gasteiger partial charge in [-0.3, -0.25) is 14.6 Å². The summed E-state index contributed by atoms with van der Waals surface area (Å²) in [5.41, 5.74) is 1.55. The lowest BCUT2D eigenvalue weighted by Crippen LogP contribution is -2.48. The van der Waals surface area contributed by atoms with Gasteiger partial charge in [0.1, 0.15) is 11.6 Å². The molecule has 1 aromatic heterocycles. The Morgan fingerprint density at radius 3 is 2.47 bits per heavy atom. The summed E-state index contributed by atoms with van der Waals surface area (Å²) in [6.07, 6.45) is 4.71. The monoisotopic (exact) mass is 649 g/mol. The highest BCUT2D eigenvalue weighted by molar-refractivity contribution is 6.05. The predicted octanol–water partition coefficient (Wildman–Crippen LogP) is 5.43. The van der Waals surface area contributed by atoms with Crippen molar-refractivity contribution in [2.24, 2.45) is 5.92 Å². The van der Waals surface area contributed by atoms with E-state index in [1.807, 2.05) is 13.8 Å². The van der Waals surface area contributed by atoms with Crippen molar-refractivity contribution in [2.45, 2.75) is 58.3 Å². The van der Waals surface area contributed by atoms with Gasteiger partial charge in [-0.1, -0.05) is 6.92 Å². The number of likely N-dealkylation sites (N-methyl/N-ethyl adjacent to an activating group) is 1. The molecule has 0 bridgehead atoms. The molecule has 4 rings (SSSR count). The number of aromatic nitrogens is 1. The average molecular weight is 650 g/mol. The maximum Gasteiger partial charge on any atom is 0.321 e. The first-order valence-electron chi connectivity index (χ1n) is 15.9. The number of nitrogens with zero attached hydrogens (tertiary/aromatic N) is 3. The average Bonchev–Trinajstić information content (AvgIpc) is 3.07. The van der Waals surface area contributed by atoms with Crippen molar-refractivity contribution < 1.29 is 33.4 Å². The molecule has 11 nitrogen and oxygen atoms in total. The molecular formula is C35H44FN5O6. The van der Waals surface area contributed by atoms with E-state index in [0.29, 0.717) is 35.7 Å². The number of ether oxygens (including phenoxy) is 2. The lowest BCUT2D eigenvalue weighted by atomic mass is 10.0. The fourth-order valence-corrected chi connectivity index (χ4v) is 5.27. The maximum atomic E-state index is 14.3. The van der Waals surface area contributed by atoms with Gasteiger partial charge in [-0.25, -0.2) is 9.18 Å². The number of urea groups is 1. The van der Waals surface area contributed by atoms with Crippen LogP contribution in [0.5, 0.6) is 5.75 Å². The van der Waals surface area contributed by atoms with Crippen LogP contribution in [-0.2, 0) is 4.74 Å². The number of aliphatic hydroxyl groups excluding tert-OH is 1. The van der Waals surface area contributed by atoms with Crippen molar-refractivity contribution in [3.05, 3.63) is 83.9 Å². The number of amides is 4. The first-order valence-corrected chi connectivity index (χ1v) is 15.9. The Balaban J connectivity index is 1.59. The molecule has 2 aromatic carbocycles. The molecule has 0 radical (unpaired) electrons. The molecule has 4 amide bonds. The molecule has 4 atom stereocenters. The van der Waals surface area contributed by atoms with Crippen LogP contribution in [0.1, 0.15) is 60.7 Å². The van der Waals surface area contributed by atoms with Crippen LogP contribution >= 0.6 is 0 Å². The first-order chi connectivity index (χ1) is 22.5. The van der Waals surface area contributed by atoms with Crippen LogP contribution < -0.4 is 15.4 Å². The third-order valence-electron chi connectivity index (χ3n) is 8.15. The third-order valence-corrected chi connectivity index (χ3v) is 8.15. The highest BCUT2D eigenvalue weighted by Gasteiger charge is 2.31. The van der Waals surface area contributed by atoms with Gasteiger partial charge < -0.3 is 35.0 Å². The van der Waals surface area contributed by atoms with E-state index in [0.717, 1.165) is 12.8 Å². The molecular weight excluding hydrogens is 605 g/mol. The van der Waals surface area contributed by atoms with Crippen LogP contribution in [0.2, 0.25) is 0 Å². The first kappa shape index (κ1) is 35.3. The van der Waals surface area contributed by atoms with Gasteiger partial charge in [-0.2, -0.15) is 0 Å². The predicted molar refractivity (Wildman–Crippen MR) is 177 cm³/mol. The van der Waals surface area contributed by atoms with E-state index in [1.165, 1.54) is 41.6 Å². The quantitative estimate of drug-likeness (QED) is 0.311. The maximum absolute atomic E-state index is 14.3. The molecule has 2 heterocycles. The number of carbonyl (C=O) groups excluding carboxylic acids is 3. The van der Waals surface area contributed by atoms with E-state index in [2.05, 4.69) is 15.6 Å². The number of pyridine rings is 1. The molecule has 0 spiro atoms.